The molecule has 0 N–H and O–H groups in total. The van der Waals surface area contributed by atoms with Gasteiger partial charge in [-0.05, 0) is 24.6 Å². The topological polar surface area (TPSA) is 63.7 Å². The summed E-state index contributed by atoms with van der Waals surface area (Å²) in [5.41, 5.74) is 1.77. The highest BCUT2D eigenvalue weighted by molar-refractivity contribution is 7.89. The average molecular weight is 345 g/mol. The predicted molar refractivity (Wildman–Crippen MR) is 91.5 cm³/mol. The molecule has 0 radical (unpaired) electrons. The molecule has 2 aromatic rings. The molecule has 5 nitrogen and oxygen atoms in total. The summed E-state index contributed by atoms with van der Waals surface area (Å²) in [5.74, 6) is -0.618. The Balaban J connectivity index is 2.38. The molecular weight excluding hydrogens is 326 g/mol. The van der Waals surface area contributed by atoms with Gasteiger partial charge in [-0.15, -0.1) is 0 Å². The summed E-state index contributed by atoms with van der Waals surface area (Å²) >= 11 is 0. The van der Waals surface area contributed by atoms with Crippen molar-refractivity contribution in [2.45, 2.75) is 18.4 Å². The van der Waals surface area contributed by atoms with Crippen LogP contribution in [0.4, 0.5) is 0 Å². The quantitative estimate of drug-likeness (QED) is 0.596. The van der Waals surface area contributed by atoms with Crippen LogP contribution in [0, 0.1) is 6.92 Å². The molecule has 24 heavy (non-hydrogen) atoms. The lowest BCUT2D eigenvalue weighted by Gasteiger charge is -2.20. The third-order valence-corrected chi connectivity index (χ3v) is 5.12. The highest BCUT2D eigenvalue weighted by Crippen LogP contribution is 2.19. The summed E-state index contributed by atoms with van der Waals surface area (Å²) in [7, 11) is -2.54. The van der Waals surface area contributed by atoms with Crippen LogP contribution >= 0.6 is 0 Å². The van der Waals surface area contributed by atoms with Gasteiger partial charge in [0.05, 0.1) is 18.6 Å². The Bertz CT molecular complexity index is 812. The Hall–Kier alpha value is -2.60. The molecule has 0 unspecified atom stereocenters. The standard InChI is InChI=1S/C18H19NO4S/c1-15-8-10-17(11-9-15)24(21,22)19(13-12-18(20)23-2)14-16-6-4-3-5-7-16/h3-13H,14H2,1-2H3/b13-12-. The van der Waals surface area contributed by atoms with Crippen LogP contribution in [-0.4, -0.2) is 25.8 Å². The van der Waals surface area contributed by atoms with Crippen molar-refractivity contribution in [1.82, 2.24) is 4.31 Å². The first-order chi connectivity index (χ1) is 11.4. The fourth-order valence-corrected chi connectivity index (χ4v) is 3.33. The largest absolute Gasteiger partial charge is 0.466 e. The van der Waals surface area contributed by atoms with E-state index in [-0.39, 0.29) is 11.4 Å². The number of sulfonamides is 1. The minimum atomic E-state index is -3.78. The molecular formula is C18H19NO4S. The molecule has 0 aromatic heterocycles. The van der Waals surface area contributed by atoms with Crippen LogP contribution in [0.3, 0.4) is 0 Å². The van der Waals surface area contributed by atoms with E-state index in [1.165, 1.54) is 13.3 Å². The second-order valence-corrected chi connectivity index (χ2v) is 7.08. The zero-order valence-corrected chi connectivity index (χ0v) is 14.4. The first-order valence-electron chi connectivity index (χ1n) is 7.32. The van der Waals surface area contributed by atoms with Gasteiger partial charge in [-0.1, -0.05) is 48.0 Å². The fourth-order valence-electron chi connectivity index (χ4n) is 2.04. The van der Waals surface area contributed by atoms with Crippen molar-refractivity contribution in [3.05, 3.63) is 78.0 Å². The van der Waals surface area contributed by atoms with Crippen molar-refractivity contribution in [3.8, 4) is 0 Å². The second-order valence-electron chi connectivity index (χ2n) is 5.19. The number of rotatable bonds is 6. The van der Waals surface area contributed by atoms with Crippen molar-refractivity contribution in [2.24, 2.45) is 0 Å². The van der Waals surface area contributed by atoms with Crippen molar-refractivity contribution < 1.29 is 17.9 Å². The van der Waals surface area contributed by atoms with E-state index in [0.29, 0.717) is 0 Å². The van der Waals surface area contributed by atoms with Crippen LogP contribution < -0.4 is 0 Å². The Morgan fingerprint density at radius 3 is 2.29 bits per heavy atom. The maximum absolute atomic E-state index is 12.9. The highest BCUT2D eigenvalue weighted by atomic mass is 32.2. The number of hydrogen-bond donors (Lipinski definition) is 0. The van der Waals surface area contributed by atoms with Crippen LogP contribution in [0.25, 0.3) is 0 Å². The number of carbonyl (C=O) groups is 1. The summed E-state index contributed by atoms with van der Waals surface area (Å²) < 4.78 is 31.4. The number of carbonyl (C=O) groups excluding carboxylic acids is 1. The number of nitrogens with zero attached hydrogens (tertiary/aromatic N) is 1. The summed E-state index contributed by atoms with van der Waals surface area (Å²) in [6.45, 7) is 2.00. The molecule has 2 aromatic carbocycles. The molecule has 0 fully saturated rings. The van der Waals surface area contributed by atoms with Gasteiger partial charge in [-0.3, -0.25) is 4.31 Å². The number of benzene rings is 2. The van der Waals surface area contributed by atoms with Crippen molar-refractivity contribution >= 4 is 16.0 Å². The molecule has 0 atom stereocenters. The third kappa shape index (κ3) is 4.45. The highest BCUT2D eigenvalue weighted by Gasteiger charge is 2.22. The summed E-state index contributed by atoms with van der Waals surface area (Å²) in [6, 6.07) is 15.7. The van der Waals surface area contributed by atoms with E-state index in [0.717, 1.165) is 21.5 Å². The molecule has 2 rings (SSSR count). The molecule has 0 heterocycles. The summed E-state index contributed by atoms with van der Waals surface area (Å²) in [4.78, 5) is 11.5. The van der Waals surface area contributed by atoms with E-state index in [1.807, 2.05) is 37.3 Å². The molecule has 126 valence electrons. The molecule has 0 aliphatic rings. The van der Waals surface area contributed by atoms with Gasteiger partial charge in [0.2, 0.25) is 0 Å². The minimum absolute atomic E-state index is 0.116. The van der Waals surface area contributed by atoms with Gasteiger partial charge in [0.15, 0.2) is 0 Å². The Labute approximate surface area is 142 Å². The van der Waals surface area contributed by atoms with E-state index in [1.54, 1.807) is 24.3 Å². The zero-order valence-electron chi connectivity index (χ0n) is 13.5. The SMILES string of the molecule is COC(=O)/C=C\N(Cc1ccccc1)S(=O)(=O)c1ccc(C)cc1. The van der Waals surface area contributed by atoms with Gasteiger partial charge in [0, 0.05) is 12.3 Å². The molecule has 0 aliphatic carbocycles. The maximum atomic E-state index is 12.9. The van der Waals surface area contributed by atoms with Crippen molar-refractivity contribution in [1.29, 1.82) is 0 Å². The molecule has 0 saturated heterocycles. The van der Waals surface area contributed by atoms with Gasteiger partial charge < -0.3 is 4.74 Å². The van der Waals surface area contributed by atoms with Crippen LogP contribution in [0.15, 0.2) is 71.8 Å². The predicted octanol–water partition coefficient (Wildman–Crippen LogP) is 2.87. The van der Waals surface area contributed by atoms with Crippen LogP contribution in [-0.2, 0) is 26.1 Å². The lowest BCUT2D eigenvalue weighted by molar-refractivity contribution is -0.134. The number of ether oxygens (including phenoxy) is 1. The molecule has 0 saturated carbocycles. The normalized spacial score (nSPS) is 11.4. The van der Waals surface area contributed by atoms with Crippen LogP contribution in [0.1, 0.15) is 11.1 Å². The smallest absolute Gasteiger partial charge is 0.331 e. The Kier molecular flexibility index (Phi) is 5.76. The van der Waals surface area contributed by atoms with Crippen LogP contribution in [0.5, 0.6) is 0 Å². The number of aryl methyl sites for hydroxylation is 1. The first kappa shape index (κ1) is 17.7. The minimum Gasteiger partial charge on any atom is -0.466 e. The number of esters is 1. The van der Waals surface area contributed by atoms with Crippen molar-refractivity contribution in [2.75, 3.05) is 7.11 Å². The van der Waals surface area contributed by atoms with Gasteiger partial charge >= 0.3 is 5.97 Å². The fraction of sp³-hybridized carbons (Fsp3) is 0.167. The van der Waals surface area contributed by atoms with E-state index in [2.05, 4.69) is 4.74 Å². The monoisotopic (exact) mass is 345 g/mol. The number of methoxy groups -OCH3 is 1. The van der Waals surface area contributed by atoms with Gasteiger partial charge in [0.25, 0.3) is 10.0 Å². The Morgan fingerprint density at radius 1 is 1.08 bits per heavy atom. The van der Waals surface area contributed by atoms with Gasteiger partial charge in [-0.2, -0.15) is 0 Å². The van der Waals surface area contributed by atoms with Crippen LogP contribution in [0.2, 0.25) is 0 Å². The van der Waals surface area contributed by atoms with E-state index >= 15 is 0 Å². The number of hydrogen-bond acceptors (Lipinski definition) is 4. The Morgan fingerprint density at radius 2 is 1.71 bits per heavy atom. The van der Waals surface area contributed by atoms with Gasteiger partial charge in [-0.25, -0.2) is 13.2 Å². The molecule has 0 amide bonds. The summed E-state index contributed by atoms with van der Waals surface area (Å²) in [6.07, 6.45) is 2.32. The molecule has 0 bridgehead atoms. The zero-order chi connectivity index (χ0) is 17.6. The molecule has 6 heteroatoms. The third-order valence-electron chi connectivity index (χ3n) is 3.39. The molecule has 0 aliphatic heterocycles. The maximum Gasteiger partial charge on any atom is 0.331 e. The van der Waals surface area contributed by atoms with E-state index in [4.69, 9.17) is 0 Å². The lowest BCUT2D eigenvalue weighted by Crippen LogP contribution is -2.26. The lowest BCUT2D eigenvalue weighted by atomic mass is 10.2. The average Bonchev–Trinajstić information content (AvgIpc) is 2.59. The second kappa shape index (κ2) is 7.79. The summed E-state index contributed by atoms with van der Waals surface area (Å²) in [5, 5.41) is 0. The van der Waals surface area contributed by atoms with E-state index in [9.17, 15) is 13.2 Å². The van der Waals surface area contributed by atoms with Crippen molar-refractivity contribution in [3.63, 3.8) is 0 Å². The van der Waals surface area contributed by atoms with Gasteiger partial charge in [0.1, 0.15) is 0 Å². The molecule has 0 spiro atoms. The van der Waals surface area contributed by atoms with E-state index < -0.39 is 16.0 Å². The first-order valence-corrected chi connectivity index (χ1v) is 8.76.